The minimum atomic E-state index is -0.141. The first-order valence-corrected chi connectivity index (χ1v) is 5.87. The van der Waals surface area contributed by atoms with E-state index in [2.05, 4.69) is 15.2 Å². The van der Waals surface area contributed by atoms with Crippen LogP contribution in [0.15, 0.2) is 24.5 Å². The number of nitrogens with zero attached hydrogens (tertiary/aromatic N) is 2. The molecule has 0 saturated carbocycles. The summed E-state index contributed by atoms with van der Waals surface area (Å²) in [6.45, 7) is 3.90. The van der Waals surface area contributed by atoms with Crippen molar-refractivity contribution in [3.05, 3.63) is 30.1 Å². The highest BCUT2D eigenvalue weighted by Gasteiger charge is 2.31. The summed E-state index contributed by atoms with van der Waals surface area (Å²) in [6, 6.07) is 3.82. The Balaban J connectivity index is 2.21. The molecule has 1 amide bonds. The van der Waals surface area contributed by atoms with E-state index in [-0.39, 0.29) is 18.0 Å². The Bertz CT molecular complexity index is 381. The molecule has 0 aliphatic carbocycles. The second kappa shape index (κ2) is 5.25. The molecule has 0 aromatic carbocycles. The molecule has 0 radical (unpaired) electrons. The molecule has 0 bridgehead atoms. The standard InChI is InChI=1S/C12H18N4O/c1-9-12(17)15-5-6-16(9)11(7-13)10-3-2-4-14-8-10/h2-4,8-9,11H,5-7,13H2,1H3,(H,15,17). The lowest BCUT2D eigenvalue weighted by Gasteiger charge is -2.38. The first-order valence-electron chi connectivity index (χ1n) is 5.87. The predicted molar refractivity (Wildman–Crippen MR) is 65.2 cm³/mol. The number of carbonyl (C=O) groups excluding carboxylic acids is 1. The van der Waals surface area contributed by atoms with Crippen LogP contribution in [0.1, 0.15) is 18.5 Å². The van der Waals surface area contributed by atoms with Gasteiger partial charge in [0, 0.05) is 38.1 Å². The Morgan fingerprint density at radius 3 is 3.18 bits per heavy atom. The molecule has 92 valence electrons. The van der Waals surface area contributed by atoms with Crippen molar-refractivity contribution in [3.63, 3.8) is 0 Å². The quantitative estimate of drug-likeness (QED) is 0.766. The minimum Gasteiger partial charge on any atom is -0.353 e. The van der Waals surface area contributed by atoms with E-state index in [1.54, 1.807) is 6.20 Å². The molecule has 1 aromatic heterocycles. The van der Waals surface area contributed by atoms with Crippen molar-refractivity contribution in [2.45, 2.75) is 19.0 Å². The summed E-state index contributed by atoms with van der Waals surface area (Å²) in [5.74, 6) is 0.0681. The van der Waals surface area contributed by atoms with Crippen molar-refractivity contribution in [3.8, 4) is 0 Å². The first-order chi connectivity index (χ1) is 8.24. The Kier molecular flexibility index (Phi) is 3.71. The molecule has 2 unspecified atom stereocenters. The molecule has 1 fully saturated rings. The summed E-state index contributed by atoms with van der Waals surface area (Å²) in [6.07, 6.45) is 3.56. The fourth-order valence-corrected chi connectivity index (χ4v) is 2.26. The molecule has 1 aliphatic heterocycles. The molecule has 2 atom stereocenters. The summed E-state index contributed by atoms with van der Waals surface area (Å²) < 4.78 is 0. The summed E-state index contributed by atoms with van der Waals surface area (Å²) >= 11 is 0. The summed E-state index contributed by atoms with van der Waals surface area (Å²) in [5, 5.41) is 2.86. The SMILES string of the molecule is CC1C(=O)NCCN1C(CN)c1cccnc1. The fourth-order valence-electron chi connectivity index (χ4n) is 2.26. The summed E-state index contributed by atoms with van der Waals surface area (Å²) in [5.41, 5.74) is 6.91. The lowest BCUT2D eigenvalue weighted by molar-refractivity contribution is -0.129. The maximum Gasteiger partial charge on any atom is 0.237 e. The number of amides is 1. The average molecular weight is 234 g/mol. The number of nitrogens with two attached hydrogens (primary N) is 1. The van der Waals surface area contributed by atoms with Gasteiger partial charge in [0.15, 0.2) is 0 Å². The maximum absolute atomic E-state index is 11.6. The summed E-state index contributed by atoms with van der Waals surface area (Å²) in [4.78, 5) is 17.9. The van der Waals surface area contributed by atoms with E-state index in [0.29, 0.717) is 13.1 Å². The molecular formula is C12H18N4O. The number of hydrogen-bond donors (Lipinski definition) is 2. The maximum atomic E-state index is 11.6. The average Bonchev–Trinajstić information content (AvgIpc) is 2.37. The van der Waals surface area contributed by atoms with Crippen LogP contribution < -0.4 is 11.1 Å². The van der Waals surface area contributed by atoms with Gasteiger partial charge < -0.3 is 11.1 Å². The first kappa shape index (κ1) is 12.0. The van der Waals surface area contributed by atoms with Crippen LogP contribution >= 0.6 is 0 Å². The smallest absolute Gasteiger partial charge is 0.237 e. The van der Waals surface area contributed by atoms with Crippen molar-refractivity contribution in [2.75, 3.05) is 19.6 Å². The predicted octanol–water partition coefficient (Wildman–Crippen LogP) is -0.0983. The third-order valence-corrected chi connectivity index (χ3v) is 3.24. The van der Waals surface area contributed by atoms with Gasteiger partial charge in [0.05, 0.1) is 6.04 Å². The van der Waals surface area contributed by atoms with Gasteiger partial charge in [-0.1, -0.05) is 6.07 Å². The zero-order valence-electron chi connectivity index (χ0n) is 9.97. The van der Waals surface area contributed by atoms with E-state index in [9.17, 15) is 4.79 Å². The lowest BCUT2D eigenvalue weighted by Crippen LogP contribution is -2.55. The number of hydrogen-bond acceptors (Lipinski definition) is 4. The second-order valence-electron chi connectivity index (χ2n) is 4.24. The van der Waals surface area contributed by atoms with Crippen LogP contribution in [-0.4, -0.2) is 41.5 Å². The molecule has 2 rings (SSSR count). The van der Waals surface area contributed by atoms with Crippen LogP contribution in [0.25, 0.3) is 0 Å². The third-order valence-electron chi connectivity index (χ3n) is 3.24. The van der Waals surface area contributed by atoms with Crippen LogP contribution in [0, 0.1) is 0 Å². The number of pyridine rings is 1. The zero-order chi connectivity index (χ0) is 12.3. The van der Waals surface area contributed by atoms with Crippen LogP contribution in [0.5, 0.6) is 0 Å². The monoisotopic (exact) mass is 234 g/mol. The van der Waals surface area contributed by atoms with Crippen molar-refractivity contribution in [1.29, 1.82) is 0 Å². The van der Waals surface area contributed by atoms with Crippen LogP contribution in [0.2, 0.25) is 0 Å². The van der Waals surface area contributed by atoms with E-state index >= 15 is 0 Å². The zero-order valence-corrected chi connectivity index (χ0v) is 9.97. The van der Waals surface area contributed by atoms with E-state index in [1.807, 2.05) is 25.3 Å². The van der Waals surface area contributed by atoms with E-state index in [0.717, 1.165) is 12.1 Å². The van der Waals surface area contributed by atoms with Gasteiger partial charge in [-0.15, -0.1) is 0 Å². The summed E-state index contributed by atoms with van der Waals surface area (Å²) in [7, 11) is 0. The number of piperazine rings is 1. The van der Waals surface area contributed by atoms with Crippen molar-refractivity contribution >= 4 is 5.91 Å². The molecule has 17 heavy (non-hydrogen) atoms. The molecule has 5 heteroatoms. The highest BCUT2D eigenvalue weighted by Crippen LogP contribution is 2.22. The number of nitrogens with one attached hydrogen (secondary N) is 1. The highest BCUT2D eigenvalue weighted by molar-refractivity contribution is 5.82. The Labute approximate surface area is 101 Å². The van der Waals surface area contributed by atoms with Crippen molar-refractivity contribution in [2.24, 2.45) is 5.73 Å². The Hall–Kier alpha value is -1.46. The lowest BCUT2D eigenvalue weighted by atomic mass is 10.0. The third kappa shape index (κ3) is 2.45. The van der Waals surface area contributed by atoms with Crippen molar-refractivity contribution < 1.29 is 4.79 Å². The molecule has 1 saturated heterocycles. The highest BCUT2D eigenvalue weighted by atomic mass is 16.2. The molecule has 3 N–H and O–H groups in total. The van der Waals surface area contributed by atoms with E-state index < -0.39 is 0 Å². The minimum absolute atomic E-state index is 0.0600. The van der Waals surface area contributed by atoms with Gasteiger partial charge in [0.2, 0.25) is 5.91 Å². The normalized spacial score (nSPS) is 23.2. The number of carbonyl (C=O) groups is 1. The largest absolute Gasteiger partial charge is 0.353 e. The van der Waals surface area contributed by atoms with Gasteiger partial charge in [0.25, 0.3) is 0 Å². The molecule has 0 spiro atoms. The van der Waals surface area contributed by atoms with E-state index in [1.165, 1.54) is 0 Å². The van der Waals surface area contributed by atoms with Crippen LogP contribution in [0.3, 0.4) is 0 Å². The van der Waals surface area contributed by atoms with Gasteiger partial charge in [-0.25, -0.2) is 0 Å². The van der Waals surface area contributed by atoms with Gasteiger partial charge in [0.1, 0.15) is 0 Å². The second-order valence-corrected chi connectivity index (χ2v) is 4.24. The Morgan fingerprint density at radius 1 is 1.71 bits per heavy atom. The fraction of sp³-hybridized carbons (Fsp3) is 0.500. The molecule has 5 nitrogen and oxygen atoms in total. The van der Waals surface area contributed by atoms with Crippen LogP contribution in [-0.2, 0) is 4.79 Å². The number of rotatable bonds is 3. The molecular weight excluding hydrogens is 216 g/mol. The molecule has 1 aromatic rings. The van der Waals surface area contributed by atoms with Crippen molar-refractivity contribution in [1.82, 2.24) is 15.2 Å². The van der Waals surface area contributed by atoms with Gasteiger partial charge in [-0.05, 0) is 18.6 Å². The molecule has 2 heterocycles. The van der Waals surface area contributed by atoms with Gasteiger partial charge in [-0.2, -0.15) is 0 Å². The number of aromatic nitrogens is 1. The Morgan fingerprint density at radius 2 is 2.53 bits per heavy atom. The van der Waals surface area contributed by atoms with Crippen LogP contribution in [0.4, 0.5) is 0 Å². The van der Waals surface area contributed by atoms with Gasteiger partial charge in [-0.3, -0.25) is 14.7 Å². The van der Waals surface area contributed by atoms with Gasteiger partial charge >= 0.3 is 0 Å². The van der Waals surface area contributed by atoms with E-state index in [4.69, 9.17) is 5.73 Å². The topological polar surface area (TPSA) is 71.2 Å². The molecule has 1 aliphatic rings.